The van der Waals surface area contributed by atoms with Gasteiger partial charge in [-0.25, -0.2) is 0 Å². The molecular weight excluding hydrogens is 294 g/mol. The fourth-order valence-electron chi connectivity index (χ4n) is 2.27. The van der Waals surface area contributed by atoms with Crippen molar-refractivity contribution in [2.75, 3.05) is 0 Å². The number of hydrogen-bond donors (Lipinski definition) is 1. The van der Waals surface area contributed by atoms with Crippen molar-refractivity contribution in [1.29, 1.82) is 0 Å². The lowest BCUT2D eigenvalue weighted by Gasteiger charge is -2.22. The zero-order valence-corrected chi connectivity index (χ0v) is 13.5. The van der Waals surface area contributed by atoms with Crippen molar-refractivity contribution in [3.05, 3.63) is 59.5 Å². The number of nitrogens with one attached hydrogen (secondary N) is 1. The van der Waals surface area contributed by atoms with Crippen molar-refractivity contribution in [1.82, 2.24) is 5.32 Å². The fraction of sp³-hybridized carbons (Fsp3) is 0.333. The van der Waals surface area contributed by atoms with Gasteiger partial charge in [0.15, 0.2) is 5.76 Å². The van der Waals surface area contributed by atoms with E-state index >= 15 is 0 Å². The van der Waals surface area contributed by atoms with Gasteiger partial charge in [-0.15, -0.1) is 0 Å². The van der Waals surface area contributed by atoms with Gasteiger partial charge in [-0.2, -0.15) is 0 Å². The van der Waals surface area contributed by atoms with Crippen molar-refractivity contribution in [3.63, 3.8) is 0 Å². The van der Waals surface area contributed by atoms with Crippen LogP contribution in [0.2, 0.25) is 0 Å². The van der Waals surface area contributed by atoms with E-state index in [1.165, 1.54) is 12.3 Å². The number of hydrogen-bond acceptors (Lipinski definition) is 4. The van der Waals surface area contributed by atoms with Crippen LogP contribution in [0.3, 0.4) is 0 Å². The summed E-state index contributed by atoms with van der Waals surface area (Å²) >= 11 is 0. The topological polar surface area (TPSA) is 82.4 Å². The van der Waals surface area contributed by atoms with Crippen LogP contribution in [0, 0.1) is 0 Å². The third kappa shape index (κ3) is 4.45. The molecule has 0 saturated carbocycles. The Balaban J connectivity index is 2.21. The molecule has 0 aliphatic carbocycles. The summed E-state index contributed by atoms with van der Waals surface area (Å²) in [7, 11) is 0. The van der Waals surface area contributed by atoms with E-state index < -0.39 is 17.9 Å². The second-order valence-electron chi connectivity index (χ2n) is 6.45. The molecule has 2 rings (SSSR count). The van der Waals surface area contributed by atoms with Gasteiger partial charge in [0.05, 0.1) is 12.3 Å². The summed E-state index contributed by atoms with van der Waals surface area (Å²) in [5.74, 6) is -1.55. The van der Waals surface area contributed by atoms with Gasteiger partial charge < -0.3 is 19.6 Å². The first kappa shape index (κ1) is 16.8. The molecule has 5 heteroatoms. The monoisotopic (exact) mass is 314 g/mol. The highest BCUT2D eigenvalue weighted by atomic mass is 16.4. The summed E-state index contributed by atoms with van der Waals surface area (Å²) in [5, 5.41) is 13.7. The third-order valence-corrected chi connectivity index (χ3v) is 3.60. The predicted molar refractivity (Wildman–Crippen MR) is 83.7 cm³/mol. The number of amides is 1. The SMILES string of the molecule is CC(C)(C)c1ccc(C(CC(=O)[O-])NC(=O)c2ccco2)cc1. The van der Waals surface area contributed by atoms with E-state index in [0.717, 1.165) is 5.56 Å². The lowest BCUT2D eigenvalue weighted by Crippen LogP contribution is -2.34. The number of carbonyl (C=O) groups excluding carboxylic acids is 2. The predicted octanol–water partition coefficient (Wildman–Crippen LogP) is 2.19. The molecule has 1 N–H and O–H groups in total. The highest BCUT2D eigenvalue weighted by Gasteiger charge is 2.19. The molecule has 1 unspecified atom stereocenters. The number of furan rings is 1. The quantitative estimate of drug-likeness (QED) is 0.917. The Hall–Kier alpha value is -2.56. The summed E-state index contributed by atoms with van der Waals surface area (Å²) in [5.41, 5.74) is 1.84. The minimum absolute atomic E-state index is 0.000202. The molecule has 1 aromatic carbocycles. The van der Waals surface area contributed by atoms with Crippen molar-refractivity contribution in [2.24, 2.45) is 0 Å². The van der Waals surface area contributed by atoms with E-state index in [9.17, 15) is 14.7 Å². The molecule has 1 heterocycles. The van der Waals surface area contributed by atoms with E-state index in [-0.39, 0.29) is 17.6 Å². The van der Waals surface area contributed by atoms with Crippen LogP contribution in [0.25, 0.3) is 0 Å². The summed E-state index contributed by atoms with van der Waals surface area (Å²) in [4.78, 5) is 23.1. The van der Waals surface area contributed by atoms with Gasteiger partial charge in [0.2, 0.25) is 0 Å². The minimum Gasteiger partial charge on any atom is -0.550 e. The number of rotatable bonds is 5. The Bertz CT molecular complexity index is 666. The smallest absolute Gasteiger partial charge is 0.287 e. The Morgan fingerprint density at radius 3 is 2.30 bits per heavy atom. The van der Waals surface area contributed by atoms with Gasteiger partial charge in [0.25, 0.3) is 5.91 Å². The van der Waals surface area contributed by atoms with Gasteiger partial charge in [-0.3, -0.25) is 4.79 Å². The van der Waals surface area contributed by atoms with Crippen molar-refractivity contribution in [3.8, 4) is 0 Å². The molecule has 0 fully saturated rings. The van der Waals surface area contributed by atoms with E-state index in [0.29, 0.717) is 5.56 Å². The van der Waals surface area contributed by atoms with Gasteiger partial charge in [0, 0.05) is 12.4 Å². The number of carbonyl (C=O) groups is 2. The molecule has 23 heavy (non-hydrogen) atoms. The van der Waals surface area contributed by atoms with E-state index in [1.54, 1.807) is 6.07 Å². The van der Waals surface area contributed by atoms with Gasteiger partial charge in [-0.1, -0.05) is 45.0 Å². The van der Waals surface area contributed by atoms with E-state index in [4.69, 9.17) is 4.42 Å². The molecular formula is C18H20NO4-. The van der Waals surface area contributed by atoms with E-state index in [1.807, 2.05) is 24.3 Å². The fourth-order valence-corrected chi connectivity index (χ4v) is 2.27. The molecule has 0 spiro atoms. The first-order valence-corrected chi connectivity index (χ1v) is 7.42. The van der Waals surface area contributed by atoms with Crippen LogP contribution in [-0.4, -0.2) is 11.9 Å². The molecule has 1 aromatic heterocycles. The van der Waals surface area contributed by atoms with Gasteiger partial charge in [-0.05, 0) is 28.7 Å². The number of benzene rings is 1. The molecule has 0 saturated heterocycles. The maximum Gasteiger partial charge on any atom is 0.287 e. The number of carboxylic acid groups (broad SMARTS) is 1. The molecule has 0 radical (unpaired) electrons. The van der Waals surface area contributed by atoms with E-state index in [2.05, 4.69) is 26.1 Å². The first-order valence-electron chi connectivity index (χ1n) is 7.42. The molecule has 0 aliphatic heterocycles. The Morgan fingerprint density at radius 1 is 1.17 bits per heavy atom. The molecule has 1 amide bonds. The van der Waals surface area contributed by atoms with Crippen LogP contribution in [-0.2, 0) is 10.2 Å². The van der Waals surface area contributed by atoms with Crippen LogP contribution in [0.15, 0.2) is 47.1 Å². The Morgan fingerprint density at radius 2 is 1.83 bits per heavy atom. The zero-order chi connectivity index (χ0) is 17.0. The minimum atomic E-state index is -1.23. The lowest BCUT2D eigenvalue weighted by molar-refractivity contribution is -0.306. The first-order chi connectivity index (χ1) is 10.8. The average Bonchev–Trinajstić information content (AvgIpc) is 2.99. The zero-order valence-electron chi connectivity index (χ0n) is 13.5. The number of carboxylic acids is 1. The summed E-state index contributed by atoms with van der Waals surface area (Å²) < 4.78 is 5.03. The largest absolute Gasteiger partial charge is 0.550 e. The standard InChI is InChI=1S/C18H21NO4/c1-18(2,3)13-8-6-12(7-9-13)14(11-16(20)21)19-17(22)15-5-4-10-23-15/h4-10,14H,11H2,1-3H3,(H,19,22)(H,20,21)/p-1. The Kier molecular flexibility index (Phi) is 4.89. The molecule has 0 aliphatic rings. The lowest BCUT2D eigenvalue weighted by atomic mass is 9.86. The van der Waals surface area contributed by atoms with Crippen LogP contribution in [0.4, 0.5) is 0 Å². The van der Waals surface area contributed by atoms with Crippen LogP contribution in [0.1, 0.15) is 54.9 Å². The molecule has 2 aromatic rings. The number of aliphatic carboxylic acids is 1. The molecule has 122 valence electrons. The maximum atomic E-state index is 12.1. The van der Waals surface area contributed by atoms with Crippen LogP contribution >= 0.6 is 0 Å². The molecule has 5 nitrogen and oxygen atoms in total. The highest BCUT2D eigenvalue weighted by Crippen LogP contribution is 2.25. The maximum absolute atomic E-state index is 12.1. The summed E-state index contributed by atoms with van der Waals surface area (Å²) in [6.07, 6.45) is 1.09. The highest BCUT2D eigenvalue weighted by molar-refractivity contribution is 5.91. The van der Waals surface area contributed by atoms with Crippen LogP contribution < -0.4 is 10.4 Å². The van der Waals surface area contributed by atoms with Crippen LogP contribution in [0.5, 0.6) is 0 Å². The van der Waals surface area contributed by atoms with Gasteiger partial charge in [0.1, 0.15) is 0 Å². The second kappa shape index (κ2) is 6.69. The Labute approximate surface area is 135 Å². The second-order valence-corrected chi connectivity index (χ2v) is 6.45. The summed E-state index contributed by atoms with van der Waals surface area (Å²) in [6, 6.07) is 9.99. The molecule has 1 atom stereocenters. The van der Waals surface area contributed by atoms with Crippen molar-refractivity contribution in [2.45, 2.75) is 38.6 Å². The average molecular weight is 314 g/mol. The van der Waals surface area contributed by atoms with Crippen molar-refractivity contribution >= 4 is 11.9 Å². The van der Waals surface area contributed by atoms with Gasteiger partial charge >= 0.3 is 0 Å². The third-order valence-electron chi connectivity index (χ3n) is 3.60. The molecule has 0 bridgehead atoms. The summed E-state index contributed by atoms with van der Waals surface area (Å²) in [6.45, 7) is 6.29. The normalized spacial score (nSPS) is 12.7. The van der Waals surface area contributed by atoms with Crippen molar-refractivity contribution < 1.29 is 19.1 Å².